The lowest BCUT2D eigenvalue weighted by Gasteiger charge is -2.29. The molecule has 9 heteroatoms. The van der Waals surface area contributed by atoms with E-state index in [9.17, 15) is 31.5 Å². The Hall–Kier alpha value is -1.41. The minimum atomic E-state index is -6.07. The molecule has 0 fully saturated rings. The summed E-state index contributed by atoms with van der Waals surface area (Å²) in [5, 5.41) is 9.88. The fourth-order valence-corrected chi connectivity index (χ4v) is 0.999. The van der Waals surface area contributed by atoms with Crippen molar-refractivity contribution in [2.24, 2.45) is 5.41 Å². The zero-order valence-corrected chi connectivity index (χ0v) is 9.73. The SMILES string of the molecule is CC(C)(C)[C@H](NC(=O)C(F)(F)C(F)(F)F)C(=O)O. The highest BCUT2D eigenvalue weighted by Gasteiger charge is 2.64. The van der Waals surface area contributed by atoms with Crippen molar-refractivity contribution in [3.63, 3.8) is 0 Å². The molecule has 0 aromatic heterocycles. The van der Waals surface area contributed by atoms with Gasteiger partial charge in [-0.3, -0.25) is 4.79 Å². The average Bonchev–Trinajstić information content (AvgIpc) is 2.08. The molecule has 0 aromatic carbocycles. The van der Waals surface area contributed by atoms with E-state index in [0.717, 1.165) is 0 Å². The third-order valence-corrected chi connectivity index (χ3v) is 2.03. The lowest BCUT2D eigenvalue weighted by Crippen LogP contribution is -2.57. The molecular formula is C9H12F5NO3. The van der Waals surface area contributed by atoms with Crippen molar-refractivity contribution in [3.05, 3.63) is 0 Å². The first-order valence-corrected chi connectivity index (χ1v) is 4.69. The van der Waals surface area contributed by atoms with Crippen LogP contribution in [0.4, 0.5) is 22.0 Å². The topological polar surface area (TPSA) is 66.4 Å². The Bertz CT molecular complexity index is 345. The van der Waals surface area contributed by atoms with Crippen molar-refractivity contribution in [3.8, 4) is 0 Å². The molecule has 2 N–H and O–H groups in total. The Balaban J connectivity index is 5.11. The summed E-state index contributed by atoms with van der Waals surface area (Å²) in [4.78, 5) is 21.5. The first-order valence-electron chi connectivity index (χ1n) is 4.69. The quantitative estimate of drug-likeness (QED) is 0.773. The average molecular weight is 277 g/mol. The zero-order valence-electron chi connectivity index (χ0n) is 9.73. The number of hydrogen-bond acceptors (Lipinski definition) is 2. The third kappa shape index (κ3) is 3.54. The standard InChI is InChI=1S/C9H12F5NO3/c1-7(2,3)4(5(16)17)15-6(18)8(10,11)9(12,13)14/h4H,1-3H3,(H,15,18)(H,16,17)/t4-/m1/s1. The molecule has 1 atom stereocenters. The van der Waals surface area contributed by atoms with Crippen LogP contribution in [0.3, 0.4) is 0 Å². The third-order valence-electron chi connectivity index (χ3n) is 2.03. The van der Waals surface area contributed by atoms with Gasteiger partial charge in [0.05, 0.1) is 0 Å². The second kappa shape index (κ2) is 4.69. The highest BCUT2D eigenvalue weighted by molar-refractivity contribution is 5.89. The lowest BCUT2D eigenvalue weighted by molar-refractivity contribution is -0.270. The number of rotatable bonds is 3. The summed E-state index contributed by atoms with van der Waals surface area (Å²) in [6.07, 6.45) is -6.07. The summed E-state index contributed by atoms with van der Waals surface area (Å²) in [5.74, 6) is -10.0. The maximum Gasteiger partial charge on any atom is 0.463 e. The molecule has 0 aliphatic rings. The Morgan fingerprint density at radius 1 is 1.06 bits per heavy atom. The molecular weight excluding hydrogens is 265 g/mol. The van der Waals surface area contributed by atoms with E-state index in [-0.39, 0.29) is 0 Å². The smallest absolute Gasteiger partial charge is 0.463 e. The van der Waals surface area contributed by atoms with Gasteiger partial charge >= 0.3 is 24.0 Å². The van der Waals surface area contributed by atoms with Crippen LogP contribution in [0.2, 0.25) is 0 Å². The number of carbonyl (C=O) groups excluding carboxylic acids is 1. The van der Waals surface area contributed by atoms with Gasteiger partial charge in [-0.15, -0.1) is 0 Å². The number of halogens is 5. The monoisotopic (exact) mass is 277 g/mol. The summed E-state index contributed by atoms with van der Waals surface area (Å²) in [5.41, 5.74) is -1.22. The van der Waals surface area contributed by atoms with Crippen molar-refractivity contribution in [1.82, 2.24) is 5.32 Å². The molecule has 0 unspecified atom stereocenters. The summed E-state index contributed by atoms with van der Waals surface area (Å²) >= 11 is 0. The largest absolute Gasteiger partial charge is 0.480 e. The number of alkyl halides is 5. The number of carboxylic acid groups (broad SMARTS) is 1. The Morgan fingerprint density at radius 3 is 1.67 bits per heavy atom. The molecule has 1 amide bonds. The van der Waals surface area contributed by atoms with Crippen LogP contribution in [-0.2, 0) is 9.59 Å². The molecule has 0 aromatic rings. The first kappa shape index (κ1) is 16.6. The molecule has 0 saturated heterocycles. The maximum absolute atomic E-state index is 12.6. The van der Waals surface area contributed by atoms with Crippen molar-refractivity contribution in [2.75, 3.05) is 0 Å². The molecule has 0 spiro atoms. The van der Waals surface area contributed by atoms with Gasteiger partial charge in [-0.05, 0) is 5.41 Å². The van der Waals surface area contributed by atoms with Crippen LogP contribution < -0.4 is 5.32 Å². The van der Waals surface area contributed by atoms with E-state index in [4.69, 9.17) is 5.11 Å². The van der Waals surface area contributed by atoms with Gasteiger partial charge in [0, 0.05) is 0 Å². The van der Waals surface area contributed by atoms with Crippen LogP contribution in [0, 0.1) is 5.41 Å². The van der Waals surface area contributed by atoms with E-state index in [0.29, 0.717) is 0 Å². The fourth-order valence-electron chi connectivity index (χ4n) is 0.999. The van der Waals surface area contributed by atoms with Crippen LogP contribution >= 0.6 is 0 Å². The Kier molecular flexibility index (Phi) is 4.33. The fraction of sp³-hybridized carbons (Fsp3) is 0.778. The highest BCUT2D eigenvalue weighted by atomic mass is 19.4. The number of hydrogen-bond donors (Lipinski definition) is 2. The molecule has 4 nitrogen and oxygen atoms in total. The summed E-state index contributed by atoms with van der Waals surface area (Å²) in [6, 6.07) is -1.86. The van der Waals surface area contributed by atoms with Gasteiger partial charge in [0.25, 0.3) is 0 Å². The van der Waals surface area contributed by atoms with Crippen molar-refractivity contribution in [2.45, 2.75) is 38.9 Å². The maximum atomic E-state index is 12.6. The van der Waals surface area contributed by atoms with Crippen molar-refractivity contribution in [1.29, 1.82) is 0 Å². The second-order valence-corrected chi connectivity index (χ2v) is 4.68. The van der Waals surface area contributed by atoms with E-state index in [2.05, 4.69) is 0 Å². The Morgan fingerprint density at radius 2 is 1.44 bits per heavy atom. The minimum Gasteiger partial charge on any atom is -0.480 e. The molecule has 0 heterocycles. The number of amides is 1. The van der Waals surface area contributed by atoms with Crippen LogP contribution in [0.1, 0.15) is 20.8 Å². The molecule has 0 aliphatic heterocycles. The van der Waals surface area contributed by atoms with Gasteiger partial charge in [0.1, 0.15) is 6.04 Å². The molecule has 0 bridgehead atoms. The molecule has 106 valence electrons. The summed E-state index contributed by atoms with van der Waals surface area (Å²) in [7, 11) is 0. The number of carbonyl (C=O) groups is 2. The lowest BCUT2D eigenvalue weighted by atomic mass is 9.86. The van der Waals surface area contributed by atoms with E-state index < -0.39 is 35.4 Å². The molecule has 0 rings (SSSR count). The van der Waals surface area contributed by atoms with Crippen LogP contribution in [-0.4, -0.2) is 35.1 Å². The van der Waals surface area contributed by atoms with E-state index in [1.807, 2.05) is 0 Å². The number of carboxylic acids is 1. The van der Waals surface area contributed by atoms with Crippen LogP contribution in [0.5, 0.6) is 0 Å². The van der Waals surface area contributed by atoms with Crippen LogP contribution in [0.15, 0.2) is 0 Å². The molecule has 0 aliphatic carbocycles. The van der Waals surface area contributed by atoms with Gasteiger partial charge in [0.15, 0.2) is 0 Å². The molecule has 0 radical (unpaired) electrons. The minimum absolute atomic E-state index is 1.19. The van der Waals surface area contributed by atoms with Gasteiger partial charge in [-0.1, -0.05) is 20.8 Å². The van der Waals surface area contributed by atoms with E-state index in [1.54, 1.807) is 0 Å². The molecule has 0 saturated carbocycles. The van der Waals surface area contributed by atoms with Gasteiger partial charge in [-0.2, -0.15) is 22.0 Å². The van der Waals surface area contributed by atoms with Gasteiger partial charge < -0.3 is 10.4 Å². The Labute approximate surface area is 99.2 Å². The summed E-state index contributed by atoms with van der Waals surface area (Å²) < 4.78 is 60.8. The second-order valence-electron chi connectivity index (χ2n) is 4.68. The molecule has 18 heavy (non-hydrogen) atoms. The van der Waals surface area contributed by atoms with Gasteiger partial charge in [-0.25, -0.2) is 4.79 Å². The normalized spacial score (nSPS) is 15.1. The summed E-state index contributed by atoms with van der Waals surface area (Å²) in [6.45, 7) is 3.83. The first-order chi connectivity index (χ1) is 7.71. The van der Waals surface area contributed by atoms with Crippen molar-refractivity contribution < 1.29 is 36.6 Å². The van der Waals surface area contributed by atoms with E-state index in [1.165, 1.54) is 26.1 Å². The predicted octanol–water partition coefficient (Wildman–Crippen LogP) is 1.80. The predicted molar refractivity (Wildman–Crippen MR) is 50.0 cm³/mol. The zero-order chi connectivity index (χ0) is 14.9. The van der Waals surface area contributed by atoms with E-state index >= 15 is 0 Å². The highest BCUT2D eigenvalue weighted by Crippen LogP contribution is 2.36. The van der Waals surface area contributed by atoms with Gasteiger partial charge in [0.2, 0.25) is 0 Å². The number of nitrogens with one attached hydrogen (secondary N) is 1. The van der Waals surface area contributed by atoms with Crippen LogP contribution in [0.25, 0.3) is 0 Å². The number of aliphatic carboxylic acids is 1. The van der Waals surface area contributed by atoms with Crippen molar-refractivity contribution >= 4 is 11.9 Å².